The van der Waals surface area contributed by atoms with E-state index >= 15 is 0 Å². The summed E-state index contributed by atoms with van der Waals surface area (Å²) in [6.07, 6.45) is 5.38. The Labute approximate surface area is 97.8 Å². The van der Waals surface area contributed by atoms with Crippen LogP contribution in [0.1, 0.15) is 52.9 Å². The Kier molecular flexibility index (Phi) is 4.05. The first-order valence-corrected chi connectivity index (χ1v) is 6.38. The van der Waals surface area contributed by atoms with Crippen molar-refractivity contribution >= 4 is 17.5 Å². The Hall–Kier alpha value is -0.240. The van der Waals surface area contributed by atoms with E-state index in [1.54, 1.807) is 0 Å². The molecule has 0 unspecified atom stereocenters. The zero-order valence-corrected chi connectivity index (χ0v) is 10.8. The molecule has 0 bridgehead atoms. The van der Waals surface area contributed by atoms with Crippen LogP contribution < -0.4 is 5.32 Å². The number of nitrogens with one attached hydrogen (secondary N) is 1. The van der Waals surface area contributed by atoms with Crippen LogP contribution in [0.3, 0.4) is 0 Å². The predicted molar refractivity (Wildman–Crippen MR) is 64.1 cm³/mol. The molecule has 0 spiro atoms. The van der Waals surface area contributed by atoms with E-state index < -0.39 is 0 Å². The number of alkyl halides is 1. The summed E-state index contributed by atoms with van der Waals surface area (Å²) in [6, 6.07) is 0. The number of hydrogen-bond donors (Lipinski definition) is 1. The van der Waals surface area contributed by atoms with Crippen molar-refractivity contribution in [3.8, 4) is 0 Å². The second-order valence-electron chi connectivity index (χ2n) is 5.31. The minimum absolute atomic E-state index is 0.108. The molecular weight excluding hydrogens is 210 g/mol. The van der Waals surface area contributed by atoms with Gasteiger partial charge in [0.1, 0.15) is 0 Å². The van der Waals surface area contributed by atoms with Crippen molar-refractivity contribution in [2.75, 3.05) is 5.88 Å². The maximum Gasteiger partial charge on any atom is 0.226 e. The summed E-state index contributed by atoms with van der Waals surface area (Å²) < 4.78 is 0. The van der Waals surface area contributed by atoms with Gasteiger partial charge in [-0.25, -0.2) is 0 Å². The predicted octanol–water partition coefficient (Wildman–Crippen LogP) is 3.09. The van der Waals surface area contributed by atoms with E-state index in [-0.39, 0.29) is 16.9 Å². The summed E-state index contributed by atoms with van der Waals surface area (Å²) in [7, 11) is 0. The summed E-state index contributed by atoms with van der Waals surface area (Å²) in [5.74, 6) is 0.659. The van der Waals surface area contributed by atoms with Crippen molar-refractivity contribution in [2.45, 2.75) is 58.4 Å². The Morgan fingerprint density at radius 3 is 2.33 bits per heavy atom. The largest absolute Gasteiger partial charge is 0.350 e. The molecule has 1 aliphatic carbocycles. The van der Waals surface area contributed by atoms with Crippen molar-refractivity contribution in [2.24, 2.45) is 5.41 Å². The van der Waals surface area contributed by atoms with Gasteiger partial charge in [-0.05, 0) is 33.1 Å². The van der Waals surface area contributed by atoms with Crippen LogP contribution in [0.15, 0.2) is 0 Å². The smallest absolute Gasteiger partial charge is 0.226 e. The number of rotatable bonds is 4. The fourth-order valence-corrected chi connectivity index (χ4v) is 2.33. The first-order chi connectivity index (χ1) is 6.96. The molecular formula is C12H22ClNO. The third-order valence-electron chi connectivity index (χ3n) is 3.51. The minimum Gasteiger partial charge on any atom is -0.350 e. The van der Waals surface area contributed by atoms with Crippen molar-refractivity contribution < 1.29 is 4.79 Å². The molecule has 1 N–H and O–H groups in total. The Balaban J connectivity index is 2.66. The van der Waals surface area contributed by atoms with E-state index in [0.29, 0.717) is 5.88 Å². The molecule has 1 rings (SSSR count). The maximum absolute atomic E-state index is 12.2. The van der Waals surface area contributed by atoms with Gasteiger partial charge in [0, 0.05) is 16.8 Å². The molecule has 0 aromatic heterocycles. The standard InChI is InChI=1S/C12H22ClNO/c1-4-12(7-5-6-8-12)10(15)14-11(2,3)9-13/h4-9H2,1-3H3,(H,14,15). The Morgan fingerprint density at radius 1 is 1.40 bits per heavy atom. The van der Waals surface area contributed by atoms with Crippen LogP contribution in [0.4, 0.5) is 0 Å². The van der Waals surface area contributed by atoms with E-state index in [9.17, 15) is 4.79 Å². The fraction of sp³-hybridized carbons (Fsp3) is 0.917. The molecule has 15 heavy (non-hydrogen) atoms. The lowest BCUT2D eigenvalue weighted by Crippen LogP contribution is -2.50. The van der Waals surface area contributed by atoms with E-state index in [1.165, 1.54) is 12.8 Å². The molecule has 0 aromatic carbocycles. The molecule has 0 radical (unpaired) electrons. The van der Waals surface area contributed by atoms with Gasteiger partial charge in [-0.15, -0.1) is 11.6 Å². The third kappa shape index (κ3) is 2.87. The minimum atomic E-state index is -0.288. The molecule has 1 fully saturated rings. The van der Waals surface area contributed by atoms with Crippen molar-refractivity contribution in [3.05, 3.63) is 0 Å². The van der Waals surface area contributed by atoms with Crippen LogP contribution in [0, 0.1) is 5.41 Å². The summed E-state index contributed by atoms with van der Waals surface area (Å²) in [5, 5.41) is 3.07. The van der Waals surface area contributed by atoms with Gasteiger partial charge in [-0.2, -0.15) is 0 Å². The number of halogens is 1. The van der Waals surface area contributed by atoms with Crippen LogP contribution >= 0.6 is 11.6 Å². The average molecular weight is 232 g/mol. The van der Waals surface area contributed by atoms with Gasteiger partial charge in [-0.3, -0.25) is 4.79 Å². The number of carbonyl (C=O) groups is 1. The van der Waals surface area contributed by atoms with Gasteiger partial charge in [0.2, 0.25) is 5.91 Å². The van der Waals surface area contributed by atoms with Crippen LogP contribution in [-0.4, -0.2) is 17.3 Å². The normalized spacial score (nSPS) is 20.3. The summed E-state index contributed by atoms with van der Waals surface area (Å²) >= 11 is 5.82. The number of amides is 1. The first-order valence-electron chi connectivity index (χ1n) is 5.84. The highest BCUT2D eigenvalue weighted by atomic mass is 35.5. The van der Waals surface area contributed by atoms with Gasteiger partial charge in [0.25, 0.3) is 0 Å². The fourth-order valence-electron chi connectivity index (χ4n) is 2.27. The van der Waals surface area contributed by atoms with E-state index in [0.717, 1.165) is 19.3 Å². The molecule has 2 nitrogen and oxygen atoms in total. The van der Waals surface area contributed by atoms with E-state index in [1.807, 2.05) is 13.8 Å². The monoisotopic (exact) mass is 231 g/mol. The zero-order chi connectivity index (χ0) is 11.5. The molecule has 0 saturated heterocycles. The number of hydrogen-bond acceptors (Lipinski definition) is 1. The van der Waals surface area contributed by atoms with Gasteiger partial charge >= 0.3 is 0 Å². The highest BCUT2D eigenvalue weighted by Crippen LogP contribution is 2.41. The summed E-state index contributed by atoms with van der Waals surface area (Å²) in [5.41, 5.74) is -0.396. The third-order valence-corrected chi connectivity index (χ3v) is 4.17. The lowest BCUT2D eigenvalue weighted by molar-refractivity contribution is -0.132. The molecule has 1 aliphatic rings. The van der Waals surface area contributed by atoms with Crippen molar-refractivity contribution in [1.29, 1.82) is 0 Å². The van der Waals surface area contributed by atoms with Gasteiger partial charge in [0.15, 0.2) is 0 Å². The molecule has 0 heterocycles. The highest BCUT2D eigenvalue weighted by Gasteiger charge is 2.40. The SMILES string of the molecule is CCC1(C(=O)NC(C)(C)CCl)CCCC1. The molecule has 88 valence electrons. The lowest BCUT2D eigenvalue weighted by Gasteiger charge is -2.32. The Bertz CT molecular complexity index is 232. The van der Waals surface area contributed by atoms with Crippen LogP contribution in [-0.2, 0) is 4.79 Å². The van der Waals surface area contributed by atoms with E-state index in [2.05, 4.69) is 12.2 Å². The topological polar surface area (TPSA) is 29.1 Å². The second kappa shape index (κ2) is 4.73. The molecule has 1 saturated carbocycles. The highest BCUT2D eigenvalue weighted by molar-refractivity contribution is 6.18. The van der Waals surface area contributed by atoms with Crippen molar-refractivity contribution in [1.82, 2.24) is 5.32 Å². The van der Waals surface area contributed by atoms with Crippen LogP contribution in [0.2, 0.25) is 0 Å². The van der Waals surface area contributed by atoms with Gasteiger partial charge in [-0.1, -0.05) is 19.8 Å². The second-order valence-corrected chi connectivity index (χ2v) is 5.58. The summed E-state index contributed by atoms with van der Waals surface area (Å²) in [4.78, 5) is 12.2. The molecule has 3 heteroatoms. The summed E-state index contributed by atoms with van der Waals surface area (Å²) in [6.45, 7) is 6.05. The molecule has 0 aromatic rings. The maximum atomic E-state index is 12.2. The lowest BCUT2D eigenvalue weighted by atomic mass is 9.82. The van der Waals surface area contributed by atoms with Crippen LogP contribution in [0.25, 0.3) is 0 Å². The van der Waals surface area contributed by atoms with Crippen LogP contribution in [0.5, 0.6) is 0 Å². The zero-order valence-electron chi connectivity index (χ0n) is 10.0. The average Bonchev–Trinajstić information content (AvgIpc) is 2.66. The number of carbonyl (C=O) groups excluding carboxylic acids is 1. The molecule has 0 atom stereocenters. The van der Waals surface area contributed by atoms with E-state index in [4.69, 9.17) is 11.6 Å². The van der Waals surface area contributed by atoms with Gasteiger partial charge < -0.3 is 5.32 Å². The Morgan fingerprint density at radius 2 is 1.93 bits per heavy atom. The quantitative estimate of drug-likeness (QED) is 0.741. The molecule has 0 aliphatic heterocycles. The van der Waals surface area contributed by atoms with Crippen molar-refractivity contribution in [3.63, 3.8) is 0 Å². The first kappa shape index (κ1) is 12.8. The van der Waals surface area contributed by atoms with Gasteiger partial charge in [0.05, 0.1) is 0 Å². The molecule has 1 amide bonds.